The van der Waals surface area contributed by atoms with Crippen LogP contribution in [0.2, 0.25) is 0 Å². The van der Waals surface area contributed by atoms with Crippen LogP contribution in [-0.2, 0) is 14.3 Å². The quantitative estimate of drug-likeness (QED) is 0.698. The first kappa shape index (κ1) is 16.1. The predicted molar refractivity (Wildman–Crippen MR) is 78.8 cm³/mol. The molecule has 2 atom stereocenters. The highest BCUT2D eigenvalue weighted by atomic mass is 16.6. The van der Waals surface area contributed by atoms with Crippen LogP contribution in [0.1, 0.15) is 52.9 Å². The van der Waals surface area contributed by atoms with Crippen LogP contribution in [0.15, 0.2) is 0 Å². The van der Waals surface area contributed by atoms with Gasteiger partial charge in [0.2, 0.25) is 0 Å². The van der Waals surface area contributed by atoms with E-state index in [1.807, 2.05) is 20.8 Å². The minimum Gasteiger partial charge on any atom is -0.469 e. The number of nitrogens with zero attached hydrogens (tertiary/aromatic N) is 1. The van der Waals surface area contributed by atoms with Gasteiger partial charge in [0.05, 0.1) is 13.0 Å². The number of hydrogen-bond acceptors (Lipinski definition) is 4. The van der Waals surface area contributed by atoms with Gasteiger partial charge in [0, 0.05) is 18.5 Å². The largest absolute Gasteiger partial charge is 0.469 e. The van der Waals surface area contributed by atoms with Crippen LogP contribution in [-0.4, -0.2) is 42.8 Å². The molecule has 0 N–H and O–H groups in total. The van der Waals surface area contributed by atoms with Gasteiger partial charge >= 0.3 is 12.1 Å². The van der Waals surface area contributed by atoms with E-state index >= 15 is 0 Å². The van der Waals surface area contributed by atoms with E-state index in [-0.39, 0.29) is 23.4 Å². The van der Waals surface area contributed by atoms with Crippen LogP contribution in [0.5, 0.6) is 0 Å². The third-order valence-corrected chi connectivity index (χ3v) is 4.68. The zero-order valence-corrected chi connectivity index (χ0v) is 13.6. The third-order valence-electron chi connectivity index (χ3n) is 4.68. The lowest BCUT2D eigenvalue weighted by atomic mass is 9.65. The van der Waals surface area contributed by atoms with Gasteiger partial charge < -0.3 is 14.4 Å². The topological polar surface area (TPSA) is 55.8 Å². The second-order valence-corrected chi connectivity index (χ2v) is 7.34. The maximum Gasteiger partial charge on any atom is 0.410 e. The van der Waals surface area contributed by atoms with Gasteiger partial charge in [-0.3, -0.25) is 4.79 Å². The lowest BCUT2D eigenvalue weighted by molar-refractivity contribution is -0.152. The number of carbonyl (C=O) groups is 2. The molecule has 5 heteroatoms. The van der Waals surface area contributed by atoms with Gasteiger partial charge in [0.25, 0.3) is 0 Å². The molecule has 2 unspecified atom stereocenters. The Morgan fingerprint density at radius 3 is 2.52 bits per heavy atom. The molecule has 0 aromatic carbocycles. The van der Waals surface area contributed by atoms with E-state index in [4.69, 9.17) is 9.47 Å². The average molecular weight is 297 g/mol. The molecule has 21 heavy (non-hydrogen) atoms. The molecule has 2 aliphatic rings. The van der Waals surface area contributed by atoms with Crippen molar-refractivity contribution in [3.63, 3.8) is 0 Å². The molecule has 0 aromatic rings. The fraction of sp³-hybridized carbons (Fsp3) is 0.875. The van der Waals surface area contributed by atoms with E-state index in [0.717, 1.165) is 32.1 Å². The normalized spacial score (nSPS) is 29.5. The average Bonchev–Trinajstić information content (AvgIpc) is 2.81. The highest BCUT2D eigenvalue weighted by molar-refractivity contribution is 5.74. The van der Waals surface area contributed by atoms with Crippen molar-refractivity contribution in [2.24, 2.45) is 11.3 Å². The first-order chi connectivity index (χ1) is 9.77. The number of hydrogen-bond donors (Lipinski definition) is 0. The van der Waals surface area contributed by atoms with Gasteiger partial charge in [-0.2, -0.15) is 0 Å². The molecule has 0 aromatic heterocycles. The van der Waals surface area contributed by atoms with E-state index in [2.05, 4.69) is 0 Å². The van der Waals surface area contributed by atoms with Crippen molar-refractivity contribution in [2.75, 3.05) is 20.2 Å². The fourth-order valence-corrected chi connectivity index (χ4v) is 3.68. The molecule has 120 valence electrons. The molecule has 1 amide bonds. The maximum absolute atomic E-state index is 12.2. The van der Waals surface area contributed by atoms with Crippen molar-refractivity contribution in [2.45, 2.75) is 58.5 Å². The first-order valence-electron chi connectivity index (χ1n) is 7.83. The van der Waals surface area contributed by atoms with Crippen molar-refractivity contribution in [1.29, 1.82) is 0 Å². The summed E-state index contributed by atoms with van der Waals surface area (Å²) in [7, 11) is 1.45. The van der Waals surface area contributed by atoms with Crippen molar-refractivity contribution >= 4 is 12.1 Å². The summed E-state index contributed by atoms with van der Waals surface area (Å²) in [6.07, 6.45) is 4.64. The van der Waals surface area contributed by atoms with Crippen molar-refractivity contribution < 1.29 is 19.1 Å². The first-order valence-corrected chi connectivity index (χ1v) is 7.83. The van der Waals surface area contributed by atoms with Gasteiger partial charge in [-0.05, 0) is 40.0 Å². The summed E-state index contributed by atoms with van der Waals surface area (Å²) in [6.45, 7) is 6.89. The minimum absolute atomic E-state index is 0.0799. The van der Waals surface area contributed by atoms with Crippen LogP contribution in [0, 0.1) is 11.3 Å². The SMILES string of the molecule is COC(=O)C1CCCCC12CCN(C(=O)OC(C)(C)C)C2. The molecular formula is C16H27NO4. The second kappa shape index (κ2) is 5.85. The Morgan fingerprint density at radius 1 is 1.19 bits per heavy atom. The molecule has 2 rings (SSSR count). The molecule has 2 fully saturated rings. The molecule has 1 aliphatic carbocycles. The number of ether oxygens (including phenoxy) is 2. The van der Waals surface area contributed by atoms with Gasteiger partial charge in [0.1, 0.15) is 5.60 Å². The molecule has 1 saturated heterocycles. The zero-order valence-electron chi connectivity index (χ0n) is 13.6. The molecular weight excluding hydrogens is 270 g/mol. The summed E-state index contributed by atoms with van der Waals surface area (Å²) < 4.78 is 10.4. The smallest absolute Gasteiger partial charge is 0.410 e. The third kappa shape index (κ3) is 3.50. The Morgan fingerprint density at radius 2 is 1.90 bits per heavy atom. The van der Waals surface area contributed by atoms with E-state index in [9.17, 15) is 9.59 Å². The minimum atomic E-state index is -0.485. The number of esters is 1. The van der Waals surface area contributed by atoms with Crippen LogP contribution in [0.3, 0.4) is 0 Å². The summed E-state index contributed by atoms with van der Waals surface area (Å²) in [5.41, 5.74) is -0.594. The Bertz CT molecular complexity index is 415. The van der Waals surface area contributed by atoms with Crippen molar-refractivity contribution in [3.05, 3.63) is 0 Å². The molecule has 1 saturated carbocycles. The van der Waals surface area contributed by atoms with E-state index in [1.165, 1.54) is 7.11 Å². The van der Waals surface area contributed by atoms with Crippen LogP contribution in [0.25, 0.3) is 0 Å². The number of rotatable bonds is 1. The lowest BCUT2D eigenvalue weighted by Gasteiger charge is -2.39. The number of methoxy groups -OCH3 is 1. The standard InChI is InChI=1S/C16H27NO4/c1-15(2,3)21-14(19)17-10-9-16(11-17)8-6-5-7-12(16)13(18)20-4/h12H,5-11H2,1-4H3. The number of carbonyl (C=O) groups excluding carboxylic acids is 2. The maximum atomic E-state index is 12.2. The van der Waals surface area contributed by atoms with Gasteiger partial charge in [-0.25, -0.2) is 4.79 Å². The summed E-state index contributed by atoms with van der Waals surface area (Å²) in [5.74, 6) is -0.204. The van der Waals surface area contributed by atoms with Crippen LogP contribution in [0.4, 0.5) is 4.79 Å². The van der Waals surface area contributed by atoms with E-state index < -0.39 is 5.60 Å². The predicted octanol–water partition coefficient (Wildman–Crippen LogP) is 2.98. The van der Waals surface area contributed by atoms with Gasteiger partial charge in [-0.1, -0.05) is 12.8 Å². The second-order valence-electron chi connectivity index (χ2n) is 7.34. The summed E-state index contributed by atoms with van der Waals surface area (Å²) >= 11 is 0. The Labute approximate surface area is 127 Å². The Kier molecular flexibility index (Phi) is 4.49. The Hall–Kier alpha value is -1.26. The van der Waals surface area contributed by atoms with E-state index in [0.29, 0.717) is 13.1 Å². The summed E-state index contributed by atoms with van der Waals surface area (Å²) in [4.78, 5) is 26.1. The number of amides is 1. The van der Waals surface area contributed by atoms with Crippen LogP contribution >= 0.6 is 0 Å². The lowest BCUT2D eigenvalue weighted by Crippen LogP contribution is -2.43. The number of likely N-dealkylation sites (tertiary alicyclic amines) is 1. The highest BCUT2D eigenvalue weighted by Gasteiger charge is 2.50. The molecule has 0 radical (unpaired) electrons. The van der Waals surface area contributed by atoms with E-state index in [1.54, 1.807) is 4.90 Å². The molecule has 5 nitrogen and oxygen atoms in total. The van der Waals surface area contributed by atoms with Crippen LogP contribution < -0.4 is 0 Å². The van der Waals surface area contributed by atoms with Crippen molar-refractivity contribution in [1.82, 2.24) is 4.90 Å². The van der Waals surface area contributed by atoms with Gasteiger partial charge in [-0.15, -0.1) is 0 Å². The molecule has 1 spiro atoms. The molecule has 0 bridgehead atoms. The molecule has 1 heterocycles. The highest BCUT2D eigenvalue weighted by Crippen LogP contribution is 2.48. The summed E-state index contributed by atoms with van der Waals surface area (Å²) in [5, 5.41) is 0. The fourth-order valence-electron chi connectivity index (χ4n) is 3.68. The van der Waals surface area contributed by atoms with Gasteiger partial charge in [0.15, 0.2) is 0 Å². The van der Waals surface area contributed by atoms with Crippen molar-refractivity contribution in [3.8, 4) is 0 Å². The summed E-state index contributed by atoms with van der Waals surface area (Å²) in [6, 6.07) is 0. The Balaban J connectivity index is 2.07. The zero-order chi connectivity index (χ0) is 15.7. The molecule has 1 aliphatic heterocycles. The monoisotopic (exact) mass is 297 g/mol.